The van der Waals surface area contributed by atoms with E-state index in [1.165, 1.54) is 5.20 Å². The van der Waals surface area contributed by atoms with Crippen molar-refractivity contribution in [3.63, 3.8) is 0 Å². The summed E-state index contributed by atoms with van der Waals surface area (Å²) < 4.78 is 10.8. The molecular weight excluding hydrogens is 168 g/mol. The molecule has 0 bridgehead atoms. The van der Waals surface area contributed by atoms with Crippen molar-refractivity contribution in [2.45, 2.75) is 13.0 Å². The van der Waals surface area contributed by atoms with Crippen LogP contribution in [0.15, 0.2) is 23.4 Å². The smallest absolute Gasteiger partial charge is 0.368 e. The Kier molecular flexibility index (Phi) is 3.26. The standard InChI is InChI=1S/C9H15O2Si/c1-10-12(3,11-2)9-7-5-4-6-8-9/h4-5,7-8H,6H2,1-3H3. The van der Waals surface area contributed by atoms with Crippen molar-refractivity contribution < 1.29 is 8.85 Å². The highest BCUT2D eigenvalue weighted by Gasteiger charge is 2.32. The molecule has 0 N–H and O–H groups in total. The van der Waals surface area contributed by atoms with Crippen molar-refractivity contribution in [2.75, 3.05) is 14.2 Å². The van der Waals surface area contributed by atoms with Gasteiger partial charge in [0.15, 0.2) is 0 Å². The Hall–Kier alpha value is -0.383. The fraction of sp³-hybridized carbons (Fsp3) is 0.444. The van der Waals surface area contributed by atoms with Crippen molar-refractivity contribution in [3.8, 4) is 0 Å². The molecule has 1 rings (SSSR count). The van der Waals surface area contributed by atoms with Gasteiger partial charge >= 0.3 is 8.56 Å². The molecule has 0 spiro atoms. The molecule has 1 aliphatic rings. The normalized spacial score (nSPS) is 17.8. The lowest BCUT2D eigenvalue weighted by atomic mass is 10.2. The molecule has 1 radical (unpaired) electrons. The molecule has 12 heavy (non-hydrogen) atoms. The van der Waals surface area contributed by atoms with Gasteiger partial charge in [0.25, 0.3) is 0 Å². The molecule has 67 valence electrons. The van der Waals surface area contributed by atoms with E-state index in [4.69, 9.17) is 8.85 Å². The summed E-state index contributed by atoms with van der Waals surface area (Å²) in [6.07, 6.45) is 9.39. The topological polar surface area (TPSA) is 18.5 Å². The van der Waals surface area contributed by atoms with Gasteiger partial charge in [-0.15, -0.1) is 0 Å². The van der Waals surface area contributed by atoms with Crippen LogP contribution in [0.25, 0.3) is 0 Å². The third kappa shape index (κ3) is 1.86. The number of hydrogen-bond acceptors (Lipinski definition) is 2. The SMILES string of the molecule is CO[Si](C)(OC)C1=CC[CH]C=C1. The van der Waals surface area contributed by atoms with Crippen LogP contribution in [0.1, 0.15) is 6.42 Å². The molecule has 3 heteroatoms. The first kappa shape index (κ1) is 9.70. The van der Waals surface area contributed by atoms with Gasteiger partial charge in [-0.2, -0.15) is 0 Å². The Morgan fingerprint density at radius 2 is 2.00 bits per heavy atom. The second-order valence-electron chi connectivity index (χ2n) is 2.84. The van der Waals surface area contributed by atoms with Crippen LogP contribution < -0.4 is 0 Å². The fourth-order valence-corrected chi connectivity index (χ4v) is 2.69. The lowest BCUT2D eigenvalue weighted by Crippen LogP contribution is -2.38. The van der Waals surface area contributed by atoms with Crippen LogP contribution in [0.3, 0.4) is 0 Å². The highest BCUT2D eigenvalue weighted by Crippen LogP contribution is 2.21. The first-order valence-electron chi connectivity index (χ1n) is 4.04. The molecule has 0 saturated heterocycles. The zero-order valence-corrected chi connectivity index (χ0v) is 8.83. The van der Waals surface area contributed by atoms with Crippen LogP contribution in [0.4, 0.5) is 0 Å². The van der Waals surface area contributed by atoms with Gasteiger partial charge in [0.05, 0.1) is 0 Å². The monoisotopic (exact) mass is 183 g/mol. The minimum atomic E-state index is -2.04. The predicted molar refractivity (Wildman–Crippen MR) is 51.8 cm³/mol. The summed E-state index contributed by atoms with van der Waals surface area (Å²) in [5.41, 5.74) is 0. The minimum Gasteiger partial charge on any atom is -0.394 e. The van der Waals surface area contributed by atoms with Crippen molar-refractivity contribution in [1.82, 2.24) is 0 Å². The van der Waals surface area contributed by atoms with Gasteiger partial charge in [0.2, 0.25) is 0 Å². The fourth-order valence-electron chi connectivity index (χ4n) is 1.17. The first-order valence-corrected chi connectivity index (χ1v) is 6.35. The van der Waals surface area contributed by atoms with Crippen LogP contribution in [-0.2, 0) is 8.85 Å². The number of allylic oxidation sites excluding steroid dienone is 4. The number of rotatable bonds is 3. The third-order valence-corrected chi connectivity index (χ3v) is 5.17. The van der Waals surface area contributed by atoms with E-state index in [0.29, 0.717) is 0 Å². The van der Waals surface area contributed by atoms with E-state index in [2.05, 4.69) is 31.2 Å². The molecule has 0 unspecified atom stereocenters. The molecule has 0 amide bonds. The summed E-state index contributed by atoms with van der Waals surface area (Å²) in [6, 6.07) is 0. The molecule has 0 aliphatic heterocycles. The lowest BCUT2D eigenvalue weighted by molar-refractivity contribution is 0.261. The first-order chi connectivity index (χ1) is 5.73. The largest absolute Gasteiger partial charge is 0.394 e. The average molecular weight is 183 g/mol. The maximum absolute atomic E-state index is 5.41. The van der Waals surface area contributed by atoms with Gasteiger partial charge in [-0.25, -0.2) is 0 Å². The Morgan fingerprint density at radius 3 is 2.42 bits per heavy atom. The maximum atomic E-state index is 5.41. The van der Waals surface area contributed by atoms with E-state index in [1.807, 2.05) is 0 Å². The van der Waals surface area contributed by atoms with E-state index >= 15 is 0 Å². The Bertz CT molecular complexity index is 205. The van der Waals surface area contributed by atoms with Crippen LogP contribution in [-0.4, -0.2) is 22.8 Å². The molecule has 2 nitrogen and oxygen atoms in total. The van der Waals surface area contributed by atoms with Crippen LogP contribution in [0.5, 0.6) is 0 Å². The molecule has 0 heterocycles. The van der Waals surface area contributed by atoms with E-state index in [-0.39, 0.29) is 0 Å². The van der Waals surface area contributed by atoms with Gasteiger partial charge in [-0.3, -0.25) is 0 Å². The Balaban J connectivity index is 2.78. The Labute approximate surface area is 75.1 Å². The molecule has 0 fully saturated rings. The molecule has 0 atom stereocenters. The molecule has 0 aromatic rings. The quantitative estimate of drug-likeness (QED) is 0.623. The number of hydrogen-bond donors (Lipinski definition) is 0. The summed E-state index contributed by atoms with van der Waals surface area (Å²) in [5, 5.41) is 1.22. The van der Waals surface area contributed by atoms with Gasteiger partial charge < -0.3 is 8.85 Å². The van der Waals surface area contributed by atoms with Crippen LogP contribution >= 0.6 is 0 Å². The lowest BCUT2D eigenvalue weighted by Gasteiger charge is -2.25. The second kappa shape index (κ2) is 4.03. The molecule has 0 saturated carbocycles. The summed E-state index contributed by atoms with van der Waals surface area (Å²) in [4.78, 5) is 0. The third-order valence-electron chi connectivity index (χ3n) is 2.19. The van der Waals surface area contributed by atoms with E-state index in [9.17, 15) is 0 Å². The predicted octanol–water partition coefficient (Wildman–Crippen LogP) is 1.98. The minimum absolute atomic E-state index is 0.987. The van der Waals surface area contributed by atoms with Crippen molar-refractivity contribution in [1.29, 1.82) is 0 Å². The summed E-state index contributed by atoms with van der Waals surface area (Å²) in [5.74, 6) is 0. The Morgan fingerprint density at radius 1 is 1.33 bits per heavy atom. The highest BCUT2D eigenvalue weighted by atomic mass is 28.4. The van der Waals surface area contributed by atoms with Crippen LogP contribution in [0, 0.1) is 6.42 Å². The summed E-state index contributed by atoms with van der Waals surface area (Å²) in [7, 11) is 1.38. The molecular formula is C9H15O2Si. The van der Waals surface area contributed by atoms with E-state index < -0.39 is 8.56 Å². The van der Waals surface area contributed by atoms with Crippen molar-refractivity contribution in [2.24, 2.45) is 0 Å². The summed E-state index contributed by atoms with van der Waals surface area (Å²) in [6.45, 7) is 2.05. The zero-order valence-electron chi connectivity index (χ0n) is 7.83. The zero-order chi connectivity index (χ0) is 9.03. The second-order valence-corrected chi connectivity index (χ2v) is 6.13. The van der Waals surface area contributed by atoms with Gasteiger partial charge in [-0.1, -0.05) is 18.2 Å². The summed E-state index contributed by atoms with van der Waals surface area (Å²) >= 11 is 0. The van der Waals surface area contributed by atoms with Crippen molar-refractivity contribution in [3.05, 3.63) is 29.8 Å². The average Bonchev–Trinajstić information content (AvgIpc) is 2.18. The molecule has 1 aliphatic carbocycles. The molecule has 0 aromatic heterocycles. The van der Waals surface area contributed by atoms with E-state index in [0.717, 1.165) is 6.42 Å². The van der Waals surface area contributed by atoms with Gasteiger partial charge in [-0.05, 0) is 24.6 Å². The van der Waals surface area contributed by atoms with E-state index in [1.54, 1.807) is 14.2 Å². The molecule has 0 aromatic carbocycles. The maximum Gasteiger partial charge on any atom is 0.368 e. The highest BCUT2D eigenvalue weighted by molar-refractivity contribution is 6.74. The van der Waals surface area contributed by atoms with Crippen molar-refractivity contribution >= 4 is 8.56 Å². The van der Waals surface area contributed by atoms with Gasteiger partial charge in [0, 0.05) is 14.2 Å². The van der Waals surface area contributed by atoms with Gasteiger partial charge in [0.1, 0.15) is 0 Å². The van der Waals surface area contributed by atoms with Crippen LogP contribution in [0.2, 0.25) is 6.55 Å².